The van der Waals surface area contributed by atoms with Crippen LogP contribution in [0.2, 0.25) is 0 Å². The van der Waals surface area contributed by atoms with Crippen LogP contribution in [-0.2, 0) is 0 Å². The summed E-state index contributed by atoms with van der Waals surface area (Å²) < 4.78 is 0. The molecule has 0 N–H and O–H groups in total. The van der Waals surface area contributed by atoms with E-state index in [4.69, 9.17) is 0 Å². The first-order valence-corrected chi connectivity index (χ1v) is 4.99. The molecule has 0 aromatic carbocycles. The average Bonchev–Trinajstić information content (AvgIpc) is 2.10. The zero-order chi connectivity index (χ0) is 9.40. The molecule has 0 aliphatic rings. The standard InChI is InChI=1S/C12H22/c1-5-7-9-11(3)12(4)10-8-6-2/h5,10-11H,1,6-9H2,2-4H3. The van der Waals surface area contributed by atoms with Gasteiger partial charge in [0.2, 0.25) is 0 Å². The normalized spacial score (nSPS) is 14.4. The maximum atomic E-state index is 3.73. The van der Waals surface area contributed by atoms with E-state index in [0.29, 0.717) is 0 Å². The third-order valence-corrected chi connectivity index (χ3v) is 2.34. The lowest BCUT2D eigenvalue weighted by Gasteiger charge is -2.10. The third-order valence-electron chi connectivity index (χ3n) is 2.34. The Bertz CT molecular complexity index is 142. The van der Waals surface area contributed by atoms with E-state index in [2.05, 4.69) is 33.4 Å². The Morgan fingerprint density at radius 3 is 2.58 bits per heavy atom. The first-order chi connectivity index (χ1) is 5.72. The summed E-state index contributed by atoms with van der Waals surface area (Å²) >= 11 is 0. The number of unbranched alkanes of at least 4 members (excludes halogenated alkanes) is 1. The fraction of sp³-hybridized carbons (Fsp3) is 0.667. The van der Waals surface area contributed by atoms with E-state index in [9.17, 15) is 0 Å². The first kappa shape index (κ1) is 11.5. The lowest BCUT2D eigenvalue weighted by atomic mass is 9.96. The van der Waals surface area contributed by atoms with Gasteiger partial charge in [-0.1, -0.05) is 38.0 Å². The number of hydrogen-bond acceptors (Lipinski definition) is 0. The molecule has 0 bridgehead atoms. The lowest BCUT2D eigenvalue weighted by Crippen LogP contribution is -1.95. The van der Waals surface area contributed by atoms with E-state index < -0.39 is 0 Å². The Kier molecular flexibility index (Phi) is 6.84. The number of allylic oxidation sites excluding steroid dienone is 3. The van der Waals surface area contributed by atoms with Crippen LogP contribution in [0.4, 0.5) is 0 Å². The molecule has 0 saturated heterocycles. The van der Waals surface area contributed by atoms with Crippen molar-refractivity contribution in [2.45, 2.75) is 46.5 Å². The summed E-state index contributed by atoms with van der Waals surface area (Å²) in [5.74, 6) is 0.731. The SMILES string of the molecule is C=CCCC(C)C(C)=CCCC. The molecule has 0 aromatic heterocycles. The second-order valence-electron chi connectivity index (χ2n) is 3.50. The van der Waals surface area contributed by atoms with Crippen molar-refractivity contribution < 1.29 is 0 Å². The van der Waals surface area contributed by atoms with E-state index in [0.717, 1.165) is 12.3 Å². The van der Waals surface area contributed by atoms with Gasteiger partial charge >= 0.3 is 0 Å². The van der Waals surface area contributed by atoms with Gasteiger partial charge in [0.05, 0.1) is 0 Å². The topological polar surface area (TPSA) is 0 Å². The fourth-order valence-electron chi connectivity index (χ4n) is 1.17. The Hall–Kier alpha value is -0.520. The van der Waals surface area contributed by atoms with Gasteiger partial charge in [-0.05, 0) is 32.1 Å². The molecule has 0 saturated carbocycles. The second-order valence-corrected chi connectivity index (χ2v) is 3.50. The van der Waals surface area contributed by atoms with Crippen molar-refractivity contribution in [3.8, 4) is 0 Å². The number of hydrogen-bond donors (Lipinski definition) is 0. The Balaban J connectivity index is 3.73. The summed E-state index contributed by atoms with van der Waals surface area (Å²) in [6.07, 6.45) is 9.24. The molecular formula is C12H22. The summed E-state index contributed by atoms with van der Waals surface area (Å²) in [7, 11) is 0. The van der Waals surface area contributed by atoms with Gasteiger partial charge in [-0.3, -0.25) is 0 Å². The predicted molar refractivity (Wildman–Crippen MR) is 57.3 cm³/mol. The molecule has 0 fully saturated rings. The third kappa shape index (κ3) is 5.17. The van der Waals surface area contributed by atoms with Crippen LogP contribution < -0.4 is 0 Å². The van der Waals surface area contributed by atoms with Crippen molar-refractivity contribution in [2.75, 3.05) is 0 Å². The van der Waals surface area contributed by atoms with Gasteiger partial charge in [0.25, 0.3) is 0 Å². The first-order valence-electron chi connectivity index (χ1n) is 4.99. The summed E-state index contributed by atoms with van der Waals surface area (Å²) in [5.41, 5.74) is 1.54. The molecule has 12 heavy (non-hydrogen) atoms. The minimum Gasteiger partial charge on any atom is -0.103 e. The molecule has 0 nitrogen and oxygen atoms in total. The molecule has 0 aliphatic heterocycles. The van der Waals surface area contributed by atoms with Crippen molar-refractivity contribution >= 4 is 0 Å². The molecule has 0 spiro atoms. The highest BCUT2D eigenvalue weighted by atomic mass is 14.1. The molecular weight excluding hydrogens is 144 g/mol. The van der Waals surface area contributed by atoms with Gasteiger partial charge in [0.15, 0.2) is 0 Å². The molecule has 1 atom stereocenters. The van der Waals surface area contributed by atoms with Crippen LogP contribution >= 0.6 is 0 Å². The van der Waals surface area contributed by atoms with E-state index in [1.165, 1.54) is 19.3 Å². The van der Waals surface area contributed by atoms with Crippen LogP contribution in [0.15, 0.2) is 24.3 Å². The van der Waals surface area contributed by atoms with Crippen molar-refractivity contribution in [3.63, 3.8) is 0 Å². The van der Waals surface area contributed by atoms with E-state index in [-0.39, 0.29) is 0 Å². The highest BCUT2D eigenvalue weighted by Gasteiger charge is 2.01. The van der Waals surface area contributed by atoms with Gasteiger partial charge in [0, 0.05) is 0 Å². The van der Waals surface area contributed by atoms with Crippen LogP contribution in [0, 0.1) is 5.92 Å². The molecule has 0 heteroatoms. The molecule has 0 rings (SSSR count). The fourth-order valence-corrected chi connectivity index (χ4v) is 1.17. The molecule has 0 radical (unpaired) electrons. The minimum absolute atomic E-state index is 0.731. The van der Waals surface area contributed by atoms with Gasteiger partial charge in [-0.25, -0.2) is 0 Å². The summed E-state index contributed by atoms with van der Waals surface area (Å²) in [4.78, 5) is 0. The van der Waals surface area contributed by atoms with Crippen LogP contribution in [0.25, 0.3) is 0 Å². The van der Waals surface area contributed by atoms with Gasteiger partial charge in [0.1, 0.15) is 0 Å². The van der Waals surface area contributed by atoms with Crippen molar-refractivity contribution in [3.05, 3.63) is 24.3 Å². The van der Waals surface area contributed by atoms with Crippen molar-refractivity contribution in [2.24, 2.45) is 5.92 Å². The second kappa shape index (κ2) is 7.15. The average molecular weight is 166 g/mol. The van der Waals surface area contributed by atoms with E-state index in [1.54, 1.807) is 5.57 Å². The zero-order valence-electron chi connectivity index (χ0n) is 8.77. The van der Waals surface area contributed by atoms with E-state index in [1.807, 2.05) is 6.08 Å². The monoisotopic (exact) mass is 166 g/mol. The van der Waals surface area contributed by atoms with Gasteiger partial charge < -0.3 is 0 Å². The molecule has 0 aliphatic carbocycles. The zero-order valence-corrected chi connectivity index (χ0v) is 8.77. The van der Waals surface area contributed by atoms with Crippen molar-refractivity contribution in [1.82, 2.24) is 0 Å². The maximum Gasteiger partial charge on any atom is -0.0232 e. The van der Waals surface area contributed by atoms with Crippen LogP contribution in [0.1, 0.15) is 46.5 Å². The molecule has 70 valence electrons. The Labute approximate surface area is 77.4 Å². The Morgan fingerprint density at radius 1 is 1.42 bits per heavy atom. The van der Waals surface area contributed by atoms with Crippen molar-refractivity contribution in [1.29, 1.82) is 0 Å². The largest absolute Gasteiger partial charge is 0.103 e. The summed E-state index contributed by atoms with van der Waals surface area (Å²) in [5, 5.41) is 0. The predicted octanol–water partition coefficient (Wildman–Crippen LogP) is 4.34. The van der Waals surface area contributed by atoms with Gasteiger partial charge in [-0.2, -0.15) is 0 Å². The Morgan fingerprint density at radius 2 is 2.08 bits per heavy atom. The molecule has 1 unspecified atom stereocenters. The quantitative estimate of drug-likeness (QED) is 0.515. The highest BCUT2D eigenvalue weighted by molar-refractivity contribution is 5.02. The smallest absolute Gasteiger partial charge is 0.0232 e. The molecule has 0 amide bonds. The number of rotatable bonds is 6. The van der Waals surface area contributed by atoms with Gasteiger partial charge in [-0.15, -0.1) is 6.58 Å². The van der Waals surface area contributed by atoms with Crippen LogP contribution in [0.3, 0.4) is 0 Å². The lowest BCUT2D eigenvalue weighted by molar-refractivity contribution is 0.618. The maximum absolute atomic E-state index is 3.73. The van der Waals surface area contributed by atoms with Crippen LogP contribution in [0.5, 0.6) is 0 Å². The van der Waals surface area contributed by atoms with E-state index >= 15 is 0 Å². The minimum atomic E-state index is 0.731. The summed E-state index contributed by atoms with van der Waals surface area (Å²) in [6, 6.07) is 0. The summed E-state index contributed by atoms with van der Waals surface area (Å²) in [6.45, 7) is 10.5. The molecule has 0 aromatic rings. The molecule has 0 heterocycles. The van der Waals surface area contributed by atoms with Crippen LogP contribution in [-0.4, -0.2) is 0 Å². The highest BCUT2D eigenvalue weighted by Crippen LogP contribution is 2.16.